The number of aliphatic hydroxyl groups excluding tert-OH is 1. The molecule has 2 amide bonds. The number of amides is 2. The molecule has 3 atom stereocenters. The molecule has 0 bridgehead atoms. The summed E-state index contributed by atoms with van der Waals surface area (Å²) in [6.07, 6.45) is -0.141. The summed E-state index contributed by atoms with van der Waals surface area (Å²) >= 11 is 0. The zero-order valence-corrected chi connectivity index (χ0v) is 10.6. The fourth-order valence-corrected chi connectivity index (χ4v) is 1.97. The van der Waals surface area contributed by atoms with Gasteiger partial charge in [-0.05, 0) is 13.8 Å². The van der Waals surface area contributed by atoms with Crippen molar-refractivity contribution in [2.24, 2.45) is 0 Å². The number of nitrogens with zero attached hydrogens (tertiary/aromatic N) is 1. The number of urea groups is 1. The molecule has 18 heavy (non-hydrogen) atoms. The van der Waals surface area contributed by atoms with Gasteiger partial charge in [-0.1, -0.05) is 0 Å². The summed E-state index contributed by atoms with van der Waals surface area (Å²) in [5.74, 6) is -1.15. The van der Waals surface area contributed by atoms with Crippen molar-refractivity contribution in [3.8, 4) is 0 Å². The third-order valence-corrected chi connectivity index (χ3v) is 2.72. The number of hydrogen-bond acceptors (Lipinski definition) is 4. The van der Waals surface area contributed by atoms with E-state index in [4.69, 9.17) is 14.9 Å². The summed E-state index contributed by atoms with van der Waals surface area (Å²) in [5, 5.41) is 20.0. The van der Waals surface area contributed by atoms with E-state index in [2.05, 4.69) is 5.32 Å². The van der Waals surface area contributed by atoms with Gasteiger partial charge in [0.15, 0.2) is 0 Å². The molecule has 0 aromatic rings. The number of aliphatic hydroxyl groups is 1. The monoisotopic (exact) mass is 260 g/mol. The Hall–Kier alpha value is -1.34. The Morgan fingerprint density at radius 1 is 1.39 bits per heavy atom. The molecule has 0 aliphatic carbocycles. The minimum absolute atomic E-state index is 0.00345. The van der Waals surface area contributed by atoms with Gasteiger partial charge in [-0.3, -0.25) is 0 Å². The average molecular weight is 260 g/mol. The molecule has 7 nitrogen and oxygen atoms in total. The van der Waals surface area contributed by atoms with Crippen LogP contribution in [0.3, 0.4) is 0 Å². The van der Waals surface area contributed by atoms with Gasteiger partial charge in [-0.2, -0.15) is 0 Å². The van der Waals surface area contributed by atoms with E-state index in [-0.39, 0.29) is 25.2 Å². The first-order valence-corrected chi connectivity index (χ1v) is 5.98. The van der Waals surface area contributed by atoms with Crippen molar-refractivity contribution in [2.45, 2.75) is 38.5 Å². The number of rotatable bonds is 4. The first-order valence-electron chi connectivity index (χ1n) is 5.98. The molecule has 1 fully saturated rings. The van der Waals surface area contributed by atoms with Crippen LogP contribution in [0.25, 0.3) is 0 Å². The first kappa shape index (κ1) is 14.7. The van der Waals surface area contributed by atoms with E-state index >= 15 is 0 Å². The second-order valence-electron chi connectivity index (χ2n) is 4.51. The molecular formula is C11H20N2O5. The van der Waals surface area contributed by atoms with E-state index in [0.717, 1.165) is 0 Å². The minimum Gasteiger partial charge on any atom is -0.480 e. The van der Waals surface area contributed by atoms with Crippen LogP contribution in [0.1, 0.15) is 20.3 Å². The summed E-state index contributed by atoms with van der Waals surface area (Å²) in [5.41, 5.74) is 0. The third-order valence-electron chi connectivity index (χ3n) is 2.72. The summed E-state index contributed by atoms with van der Waals surface area (Å²) in [6, 6.07) is -1.49. The van der Waals surface area contributed by atoms with Crippen LogP contribution in [-0.4, -0.2) is 65.1 Å². The number of nitrogens with one attached hydrogen (secondary N) is 1. The van der Waals surface area contributed by atoms with Crippen molar-refractivity contribution in [3.63, 3.8) is 0 Å². The van der Waals surface area contributed by atoms with E-state index in [9.17, 15) is 9.59 Å². The average Bonchev–Trinajstić information content (AvgIpc) is 2.26. The topological polar surface area (TPSA) is 99.1 Å². The van der Waals surface area contributed by atoms with Crippen molar-refractivity contribution < 1.29 is 24.5 Å². The quantitative estimate of drug-likeness (QED) is 0.641. The number of carboxylic acids is 1. The molecular weight excluding hydrogens is 240 g/mol. The van der Waals surface area contributed by atoms with Crippen molar-refractivity contribution in [2.75, 3.05) is 19.7 Å². The van der Waals surface area contributed by atoms with Gasteiger partial charge in [0.1, 0.15) is 6.04 Å². The summed E-state index contributed by atoms with van der Waals surface area (Å²) in [6.45, 7) is 4.30. The Bertz CT molecular complexity index is 300. The van der Waals surface area contributed by atoms with Crippen LogP contribution in [-0.2, 0) is 9.53 Å². The van der Waals surface area contributed by atoms with Gasteiger partial charge in [-0.25, -0.2) is 9.59 Å². The number of carboxylic acid groups (broad SMARTS) is 1. The maximum atomic E-state index is 11.9. The highest BCUT2D eigenvalue weighted by Crippen LogP contribution is 2.10. The van der Waals surface area contributed by atoms with Gasteiger partial charge in [-0.15, -0.1) is 0 Å². The first-order chi connectivity index (χ1) is 8.43. The molecule has 0 radical (unpaired) electrons. The zero-order chi connectivity index (χ0) is 13.7. The third kappa shape index (κ3) is 4.15. The predicted molar refractivity (Wildman–Crippen MR) is 63.2 cm³/mol. The van der Waals surface area contributed by atoms with E-state index in [1.165, 1.54) is 4.90 Å². The lowest BCUT2D eigenvalue weighted by atomic mass is 10.2. The second-order valence-corrected chi connectivity index (χ2v) is 4.51. The molecule has 1 rings (SSSR count). The number of morpholine rings is 1. The van der Waals surface area contributed by atoms with Crippen LogP contribution >= 0.6 is 0 Å². The molecule has 0 unspecified atom stereocenters. The van der Waals surface area contributed by atoms with Crippen LogP contribution in [0.2, 0.25) is 0 Å². The van der Waals surface area contributed by atoms with Crippen molar-refractivity contribution in [1.82, 2.24) is 10.2 Å². The van der Waals surface area contributed by atoms with Crippen molar-refractivity contribution in [1.29, 1.82) is 0 Å². The molecule has 104 valence electrons. The molecule has 1 saturated heterocycles. The molecule has 7 heteroatoms. The number of ether oxygens (including phenoxy) is 1. The SMILES string of the molecule is C[C@@H]1CN(C(=O)N[C@@H](CCO)C(=O)O)C[C@H](C)O1. The number of carbonyl (C=O) groups excluding carboxylic acids is 1. The van der Waals surface area contributed by atoms with Crippen LogP contribution in [0.15, 0.2) is 0 Å². The van der Waals surface area contributed by atoms with Gasteiger partial charge < -0.3 is 25.2 Å². The predicted octanol–water partition coefficient (Wildman–Crippen LogP) is -0.359. The van der Waals surface area contributed by atoms with Crippen molar-refractivity contribution >= 4 is 12.0 Å². The maximum absolute atomic E-state index is 11.9. The number of hydrogen-bond donors (Lipinski definition) is 3. The van der Waals surface area contributed by atoms with E-state index < -0.39 is 18.0 Å². The minimum atomic E-state index is -1.15. The number of aliphatic carboxylic acids is 1. The molecule has 1 heterocycles. The Kier molecular flexibility index (Phi) is 5.36. The molecule has 3 N–H and O–H groups in total. The number of carbonyl (C=O) groups is 2. The maximum Gasteiger partial charge on any atom is 0.326 e. The van der Waals surface area contributed by atoms with Crippen LogP contribution in [0.5, 0.6) is 0 Å². The Labute approximate surface area is 106 Å². The van der Waals surface area contributed by atoms with Gasteiger partial charge in [0.25, 0.3) is 0 Å². The van der Waals surface area contributed by atoms with Crippen molar-refractivity contribution in [3.05, 3.63) is 0 Å². The Balaban J connectivity index is 2.55. The summed E-state index contributed by atoms with van der Waals surface area (Å²) < 4.78 is 5.49. The van der Waals surface area contributed by atoms with Crippen LogP contribution in [0.4, 0.5) is 4.79 Å². The van der Waals surface area contributed by atoms with E-state index in [1.54, 1.807) is 0 Å². The molecule has 0 aromatic carbocycles. The Morgan fingerprint density at radius 2 is 1.94 bits per heavy atom. The summed E-state index contributed by atoms with van der Waals surface area (Å²) in [7, 11) is 0. The van der Waals surface area contributed by atoms with E-state index in [0.29, 0.717) is 13.1 Å². The van der Waals surface area contributed by atoms with Gasteiger partial charge >= 0.3 is 12.0 Å². The molecule has 1 aliphatic rings. The fourth-order valence-electron chi connectivity index (χ4n) is 1.97. The lowest BCUT2D eigenvalue weighted by molar-refractivity contribution is -0.139. The normalized spacial score (nSPS) is 25.6. The van der Waals surface area contributed by atoms with Gasteiger partial charge in [0, 0.05) is 26.1 Å². The lowest BCUT2D eigenvalue weighted by Gasteiger charge is -2.35. The van der Waals surface area contributed by atoms with Crippen LogP contribution in [0, 0.1) is 0 Å². The lowest BCUT2D eigenvalue weighted by Crippen LogP contribution is -2.54. The molecule has 1 aliphatic heterocycles. The smallest absolute Gasteiger partial charge is 0.326 e. The van der Waals surface area contributed by atoms with Gasteiger partial charge in [0.05, 0.1) is 12.2 Å². The van der Waals surface area contributed by atoms with Crippen LogP contribution < -0.4 is 5.32 Å². The fraction of sp³-hybridized carbons (Fsp3) is 0.818. The largest absolute Gasteiger partial charge is 0.480 e. The highest BCUT2D eigenvalue weighted by molar-refractivity contribution is 5.82. The van der Waals surface area contributed by atoms with E-state index in [1.807, 2.05) is 13.8 Å². The molecule has 0 spiro atoms. The molecule has 0 saturated carbocycles. The molecule has 0 aromatic heterocycles. The van der Waals surface area contributed by atoms with Gasteiger partial charge in [0.2, 0.25) is 0 Å². The second kappa shape index (κ2) is 6.55. The highest BCUT2D eigenvalue weighted by atomic mass is 16.5. The highest BCUT2D eigenvalue weighted by Gasteiger charge is 2.28. The standard InChI is InChI=1S/C11H20N2O5/c1-7-5-13(6-8(2)18-7)11(17)12-9(3-4-14)10(15)16/h7-9,14H,3-6H2,1-2H3,(H,12,17)(H,15,16)/t7-,8+,9-/m0/s1. The summed E-state index contributed by atoms with van der Waals surface area (Å²) in [4.78, 5) is 24.3. The Morgan fingerprint density at radius 3 is 2.39 bits per heavy atom. The zero-order valence-electron chi connectivity index (χ0n) is 10.6.